The van der Waals surface area contributed by atoms with E-state index in [2.05, 4.69) is 109 Å². The molecule has 2 aromatic carbocycles. The molecule has 0 spiro atoms. The number of benzene rings is 2. The normalized spacial score (nSPS) is 35.6. The number of esters is 4. The number of fused-ring (bicyclic) bond motifs is 9. The van der Waals surface area contributed by atoms with Crippen molar-refractivity contribution in [2.45, 2.75) is 266 Å². The van der Waals surface area contributed by atoms with Crippen molar-refractivity contribution in [2.75, 3.05) is 33.0 Å². The number of hydrogen-bond donors (Lipinski definition) is 1. The van der Waals surface area contributed by atoms with Crippen molar-refractivity contribution in [3.05, 3.63) is 154 Å². The summed E-state index contributed by atoms with van der Waals surface area (Å²) in [5, 5.41) is 9.71. The Bertz CT molecular complexity index is 4170. The van der Waals surface area contributed by atoms with Gasteiger partial charge in [-0.3, -0.25) is 38.5 Å². The molecule has 1 N–H and O–H groups in total. The Morgan fingerprint density at radius 3 is 1.34 bits per heavy atom. The van der Waals surface area contributed by atoms with Crippen LogP contribution in [0.2, 0.25) is 0 Å². The number of aliphatic hydroxyl groups is 1. The predicted octanol–water partition coefficient (Wildman–Crippen LogP) is 22.5. The van der Waals surface area contributed by atoms with Gasteiger partial charge >= 0.3 is 31.5 Å². The van der Waals surface area contributed by atoms with Crippen LogP contribution in [0.3, 0.4) is 0 Å². The third kappa shape index (κ3) is 25.2. The van der Waals surface area contributed by atoms with Gasteiger partial charge in [0.25, 0.3) is 0 Å². The summed E-state index contributed by atoms with van der Waals surface area (Å²) in [6.07, 6.45) is 39.9. The first-order valence-electron chi connectivity index (χ1n) is 46.9. The number of halogens is 2. The van der Waals surface area contributed by atoms with E-state index in [1.807, 2.05) is 69.4 Å². The quantitative estimate of drug-likeness (QED) is 0.0229. The van der Waals surface area contributed by atoms with Gasteiger partial charge in [0, 0.05) is 97.2 Å². The molecule has 2 aromatic heterocycles. The van der Waals surface area contributed by atoms with E-state index in [-0.39, 0.29) is 156 Å². The van der Waals surface area contributed by atoms with Crippen LogP contribution in [0.1, 0.15) is 239 Å². The first kappa shape index (κ1) is 102. The fourth-order valence-corrected chi connectivity index (χ4v) is 27.8. The van der Waals surface area contributed by atoms with Gasteiger partial charge in [-0.2, -0.15) is 0 Å². The number of Topliss-reactive ketones (excluding diaryl/α,β-unsaturated/α-hetero) is 1. The van der Waals surface area contributed by atoms with E-state index in [4.69, 9.17) is 44.0 Å². The van der Waals surface area contributed by atoms with Crippen LogP contribution in [-0.2, 0) is 111 Å². The summed E-state index contributed by atoms with van der Waals surface area (Å²) in [5.74, 6) is 8.93. The number of ether oxygens (including phenoxy) is 6. The van der Waals surface area contributed by atoms with Gasteiger partial charge in [-0.25, -0.2) is 6.57 Å². The Morgan fingerprint density at radius 2 is 0.904 bits per heavy atom. The van der Waals surface area contributed by atoms with Crippen LogP contribution in [0.25, 0.3) is 10.9 Å². The molecule has 125 heavy (non-hydrogen) atoms. The van der Waals surface area contributed by atoms with E-state index < -0.39 is 7.60 Å². The summed E-state index contributed by atoms with van der Waals surface area (Å²) in [6, 6.07) is 28.0. The molecule has 4 aromatic rings. The van der Waals surface area contributed by atoms with Crippen molar-refractivity contribution in [2.24, 2.45) is 142 Å². The molecule has 0 amide bonds. The second-order valence-corrected chi connectivity index (χ2v) is 42.1. The third-order valence-electron chi connectivity index (χ3n) is 31.3. The zero-order chi connectivity index (χ0) is 86.1. The molecule has 29 atom stereocenters. The van der Waals surface area contributed by atoms with Gasteiger partial charge in [0.15, 0.2) is 0 Å². The van der Waals surface area contributed by atoms with Crippen molar-refractivity contribution in [1.29, 1.82) is 0 Å². The van der Waals surface area contributed by atoms with E-state index in [0.717, 1.165) is 71.1 Å². The smallest absolute Gasteiger partial charge is 0.336 e. The number of ketones is 1. The van der Waals surface area contributed by atoms with Crippen LogP contribution >= 0.6 is 39.5 Å². The Balaban J connectivity index is 0.000000157. The van der Waals surface area contributed by atoms with Gasteiger partial charge in [-0.15, -0.1) is 0 Å². The molecule has 6 heterocycles. The second kappa shape index (κ2) is 48.8. The van der Waals surface area contributed by atoms with Crippen LogP contribution in [0.15, 0.2) is 112 Å². The topological polar surface area (TPSA) is 244 Å². The molecule has 2 unspecified atom stereocenters. The number of aromatic nitrogens is 2. The zero-order valence-electron chi connectivity index (χ0n) is 74.5. The van der Waals surface area contributed by atoms with Crippen molar-refractivity contribution in [3.63, 3.8) is 0 Å². The van der Waals surface area contributed by atoms with Crippen LogP contribution < -0.4 is 0 Å². The molecule has 19 nitrogen and oxygen atoms in total. The molecule has 14 fully saturated rings. The van der Waals surface area contributed by atoms with E-state index in [1.165, 1.54) is 128 Å². The number of pyridine rings is 2. The van der Waals surface area contributed by atoms with Crippen LogP contribution in [-0.4, -0.2) is 115 Å². The Hall–Kier alpha value is -5.16. The molecule has 23 heteroatoms. The average molecular weight is 1960 g/mol. The summed E-state index contributed by atoms with van der Waals surface area (Å²) in [7, 11) is -3.03. The SMILES string of the molecule is C.CCOP(=O)(Cc1ccc(Br)cn1)OCC.C[C@@H]1C(=O)O[C@H]2C[C@@H]3CCCC[C@H]3[C@H](/C=C/c3ccc(Br)cn3)[C@H]21.C[C@@H]1C(=O)O[C@H]2C[C@@H]3CCCC[C@H]3[C@H](C=O)[C@H]21.C[C@@H]1C(=O)O[C@H]2C[C@@H]3CCCC[C@H]3[C@H](CO)[C@H]21.C[C@@H]1C(=O)O[C@H]2C[C@@H]3CCCC[C@H]3[C@H](COCc3ccccc3)[C@H]21.[C-]#[N+]C(C)C1C(=O)C[C@@H]2CCCC[C@H]2[C@@H]1COCc1ccccc1.[CH3-].[Pd]. The first-order valence-corrected chi connectivity index (χ1v) is 50.2. The predicted molar refractivity (Wildman–Crippen MR) is 488 cm³/mol. The maximum absolute atomic E-state index is 12.7. The molecule has 18 rings (SSSR count). The number of carbonyl (C=O) groups excluding carboxylic acids is 6. The Kier molecular flexibility index (Phi) is 39.8. The molecular formula is C102H143Br2N3O16PPd-. The number of carbonyl (C=O) groups is 6. The van der Waals surface area contributed by atoms with Gasteiger partial charge < -0.3 is 59.6 Å². The van der Waals surface area contributed by atoms with Crippen molar-refractivity contribution >= 4 is 81.5 Å². The molecule has 10 saturated carbocycles. The maximum Gasteiger partial charge on any atom is 0.336 e. The first-order chi connectivity index (χ1) is 59.1. The maximum atomic E-state index is 12.7. The van der Waals surface area contributed by atoms with Gasteiger partial charge in [0.1, 0.15) is 36.5 Å². The fourth-order valence-electron chi connectivity index (χ4n) is 25.7. The molecule has 0 radical (unpaired) electrons. The van der Waals surface area contributed by atoms with Crippen LogP contribution in [0.4, 0.5) is 0 Å². The summed E-state index contributed by atoms with van der Waals surface area (Å²) in [6.45, 7) is 24.5. The van der Waals surface area contributed by atoms with Gasteiger partial charge in [-0.05, 0) is 228 Å². The number of aliphatic hydroxyl groups excluding tert-OH is 1. The molecule has 14 aliphatic rings. The standard InChI is InChI=1S/C21H27NO2.C21H28O3.C20H24BrNO2.C14H22O3.C14H20O3.C10H15BrNO3P.CH4.CH3.Pd/c1-15(22-2)21-19(14-24-13-16-8-4-3-5-9-16)18-11-7-6-10-17(18)12-20(21)23;1-14-20-18(13-23-12-15-7-3-2-4-8-15)17-10-6-5-9-16(17)11-19(20)24-21(14)22;1-12-19-17(9-8-15-7-6-14(21)11-22-15)16-5-3-2-4-13(16)10-18(19)24-20(12)23;2*1-8-13-11(7-15)10-5-3-2-4-9(10)6-12(13)17-14(8)16;1-3-14-16(13,15-4-2)8-10-6-5-9(11)7-12-10;;;/h3-5,8-9,15,17-19,21H,6-7,10-14H2,1H3;2-4,7-8,14,16-20H,5-6,9-13H2,1H3;6-9,11-13,16-19H,2-5,10H2,1H3;8-13,15H,2-7H2,1H3;7-13H,2-6H2,1H3;5-7H,3-4,8H2,1-2H3;1H4;1H3;/q;;;;;;;-1;/b;;9-8+;;;;;;/t15?,17-,18+,19-,21?;14-,16-,17+,18-,19-,20+;12-,13-,16+,17-,18-,19+;2*8-,9-,10+,11-,12-,13+;;;;/m00000..../s1. The minimum atomic E-state index is -3.03. The molecule has 0 bridgehead atoms. The van der Waals surface area contributed by atoms with E-state index in [1.54, 1.807) is 26.1 Å². The Labute approximate surface area is 777 Å². The number of nitrogens with zero attached hydrogens (tertiary/aromatic N) is 3. The van der Waals surface area contributed by atoms with Crippen LogP contribution in [0.5, 0.6) is 0 Å². The minimum Gasteiger partial charge on any atom is -0.462 e. The number of rotatable bonds is 19. The molecule has 692 valence electrons. The van der Waals surface area contributed by atoms with Crippen molar-refractivity contribution < 1.29 is 96.3 Å². The molecule has 4 aliphatic heterocycles. The van der Waals surface area contributed by atoms with E-state index in [9.17, 15) is 38.4 Å². The van der Waals surface area contributed by atoms with Gasteiger partial charge in [-0.1, -0.05) is 192 Å². The van der Waals surface area contributed by atoms with E-state index in [0.29, 0.717) is 134 Å². The largest absolute Gasteiger partial charge is 0.462 e. The fraction of sp³-hybridized carbons (Fsp3) is 0.686. The van der Waals surface area contributed by atoms with Crippen molar-refractivity contribution in [1.82, 2.24) is 9.97 Å². The summed E-state index contributed by atoms with van der Waals surface area (Å²) < 4.78 is 59.0. The van der Waals surface area contributed by atoms with Crippen molar-refractivity contribution in [3.8, 4) is 0 Å². The monoisotopic (exact) mass is 1960 g/mol. The summed E-state index contributed by atoms with van der Waals surface area (Å²) in [5.41, 5.74) is 4.06. The number of hydrogen-bond acceptors (Lipinski definition) is 18. The summed E-state index contributed by atoms with van der Waals surface area (Å²) in [4.78, 5) is 84.1. The molecule has 4 saturated heterocycles. The summed E-state index contributed by atoms with van der Waals surface area (Å²) >= 11 is 6.72. The van der Waals surface area contributed by atoms with Crippen LogP contribution in [0, 0.1) is 156 Å². The number of allylic oxidation sites excluding steroid dienone is 1. The molecule has 10 aliphatic carbocycles. The average Bonchev–Trinajstić information content (AvgIpc) is 1.64. The van der Waals surface area contributed by atoms with E-state index >= 15 is 0 Å². The minimum absolute atomic E-state index is 0. The second-order valence-electron chi connectivity index (χ2n) is 38.2. The number of aldehydes is 1. The van der Waals surface area contributed by atoms with Gasteiger partial charge in [0.2, 0.25) is 6.04 Å². The van der Waals surface area contributed by atoms with Gasteiger partial charge in [0.05, 0.1) is 86.8 Å². The zero-order valence-corrected chi connectivity index (χ0v) is 80.1. The Morgan fingerprint density at radius 1 is 0.520 bits per heavy atom. The third-order valence-corrected chi connectivity index (χ3v) is 34.3. The molecular weight excluding hydrogens is 1820 g/mol.